The van der Waals surface area contributed by atoms with E-state index in [0.717, 1.165) is 33.3 Å². The van der Waals surface area contributed by atoms with Crippen molar-refractivity contribution < 1.29 is 14.4 Å². The molecule has 34 heavy (non-hydrogen) atoms. The summed E-state index contributed by atoms with van der Waals surface area (Å²) >= 11 is 0. The van der Waals surface area contributed by atoms with Crippen LogP contribution in [0.2, 0.25) is 0 Å². The van der Waals surface area contributed by atoms with Crippen LogP contribution in [0.25, 0.3) is 33.2 Å². The normalized spacial score (nSPS) is 17.9. The average Bonchev–Trinajstić information content (AvgIpc) is 3.38. The third kappa shape index (κ3) is 3.20. The molecule has 4 aromatic rings. The smallest absolute Gasteiger partial charge is 0.255 e. The second-order valence-electron chi connectivity index (χ2n) is 8.86. The molecule has 7 nitrogen and oxygen atoms in total. The summed E-state index contributed by atoms with van der Waals surface area (Å²) < 4.78 is 1.87. The van der Waals surface area contributed by atoms with Gasteiger partial charge in [-0.1, -0.05) is 42.5 Å². The molecular weight excluding hydrogens is 428 g/mol. The average molecular weight is 450 g/mol. The first-order valence-electron chi connectivity index (χ1n) is 11.3. The Balaban J connectivity index is 1.36. The van der Waals surface area contributed by atoms with E-state index >= 15 is 0 Å². The predicted molar refractivity (Wildman–Crippen MR) is 128 cm³/mol. The number of imide groups is 1. The number of benzene rings is 3. The number of nitrogens with one attached hydrogen (secondary N) is 1. The van der Waals surface area contributed by atoms with E-state index in [-0.39, 0.29) is 18.2 Å². The highest BCUT2D eigenvalue weighted by atomic mass is 16.2. The van der Waals surface area contributed by atoms with Crippen LogP contribution in [0.15, 0.2) is 66.9 Å². The number of amides is 3. The molecule has 1 aromatic heterocycles. The number of fused-ring (bicyclic) bond motifs is 2. The van der Waals surface area contributed by atoms with Crippen molar-refractivity contribution in [2.45, 2.75) is 25.4 Å². The zero-order chi connectivity index (χ0) is 23.4. The minimum atomic E-state index is -0.618. The molecule has 1 fully saturated rings. The summed E-state index contributed by atoms with van der Waals surface area (Å²) in [5.74, 6) is -0.856. The summed E-state index contributed by atoms with van der Waals surface area (Å²) in [7, 11) is 1.93. The van der Waals surface area contributed by atoms with Gasteiger partial charge in [0.1, 0.15) is 6.04 Å². The molecule has 3 amide bonds. The van der Waals surface area contributed by atoms with E-state index in [9.17, 15) is 14.4 Å². The third-order valence-corrected chi connectivity index (χ3v) is 6.80. The number of rotatable bonds is 3. The van der Waals surface area contributed by atoms with Gasteiger partial charge in [-0.3, -0.25) is 24.4 Å². The number of aryl methyl sites for hydroxylation is 1. The van der Waals surface area contributed by atoms with Gasteiger partial charge in [0, 0.05) is 36.7 Å². The lowest BCUT2D eigenvalue weighted by molar-refractivity contribution is -0.136. The lowest BCUT2D eigenvalue weighted by Crippen LogP contribution is -2.52. The Labute approximate surface area is 196 Å². The van der Waals surface area contributed by atoms with Crippen molar-refractivity contribution in [2.24, 2.45) is 7.05 Å². The molecule has 0 aliphatic carbocycles. The molecule has 1 saturated heterocycles. The van der Waals surface area contributed by atoms with Crippen LogP contribution in [0.4, 0.5) is 0 Å². The number of piperidine rings is 1. The molecule has 1 atom stereocenters. The summed E-state index contributed by atoms with van der Waals surface area (Å²) in [6, 6.07) is 19.8. The lowest BCUT2D eigenvalue weighted by Gasteiger charge is -2.29. The standard InChI is InChI=1S/C27H22N4O3/c1-30-25(19-7-6-16-4-2-3-5-17(16)12-19)22(14-28-30)18-8-9-21-20(13-18)15-31(27(21)34)23-10-11-24(32)29-26(23)33/h2-9,12-14,23H,10-11,15H2,1H3,(H,29,32,33). The van der Waals surface area contributed by atoms with Gasteiger partial charge < -0.3 is 4.90 Å². The zero-order valence-corrected chi connectivity index (χ0v) is 18.6. The largest absolute Gasteiger partial charge is 0.322 e. The van der Waals surface area contributed by atoms with Crippen molar-refractivity contribution in [1.82, 2.24) is 20.0 Å². The summed E-state index contributed by atoms with van der Waals surface area (Å²) in [5, 5.41) is 9.21. The maximum atomic E-state index is 13.0. The first-order chi connectivity index (χ1) is 16.5. The molecule has 7 heteroatoms. The van der Waals surface area contributed by atoms with Gasteiger partial charge in [-0.25, -0.2) is 0 Å². The van der Waals surface area contributed by atoms with Gasteiger partial charge in [0.2, 0.25) is 11.8 Å². The molecule has 0 bridgehead atoms. The van der Waals surface area contributed by atoms with Crippen LogP contribution < -0.4 is 5.32 Å². The Morgan fingerprint density at radius 1 is 0.912 bits per heavy atom. The second-order valence-corrected chi connectivity index (χ2v) is 8.86. The van der Waals surface area contributed by atoms with Crippen molar-refractivity contribution in [3.8, 4) is 22.4 Å². The number of carbonyl (C=O) groups is 3. The first-order valence-corrected chi connectivity index (χ1v) is 11.3. The fourth-order valence-electron chi connectivity index (χ4n) is 5.07. The van der Waals surface area contributed by atoms with Gasteiger partial charge >= 0.3 is 0 Å². The number of hydrogen-bond acceptors (Lipinski definition) is 4. The Kier molecular flexibility index (Phi) is 4.58. The van der Waals surface area contributed by atoms with Gasteiger partial charge in [0.15, 0.2) is 0 Å². The van der Waals surface area contributed by atoms with Crippen LogP contribution >= 0.6 is 0 Å². The molecule has 2 aliphatic rings. The number of hydrogen-bond donors (Lipinski definition) is 1. The van der Waals surface area contributed by atoms with Crippen LogP contribution in [0.3, 0.4) is 0 Å². The van der Waals surface area contributed by atoms with E-state index in [1.165, 1.54) is 5.39 Å². The van der Waals surface area contributed by atoms with Crippen molar-refractivity contribution >= 4 is 28.5 Å². The molecule has 1 unspecified atom stereocenters. The van der Waals surface area contributed by atoms with Gasteiger partial charge in [0.05, 0.1) is 11.9 Å². The second kappa shape index (κ2) is 7.66. The van der Waals surface area contributed by atoms with Gasteiger partial charge in [-0.15, -0.1) is 0 Å². The molecule has 3 heterocycles. The molecule has 1 N–H and O–H groups in total. The van der Waals surface area contributed by atoms with Gasteiger partial charge in [0.25, 0.3) is 5.91 Å². The molecule has 2 aliphatic heterocycles. The summed E-state index contributed by atoms with van der Waals surface area (Å²) in [5.41, 5.74) is 5.48. The molecule has 168 valence electrons. The minimum absolute atomic E-state index is 0.169. The zero-order valence-electron chi connectivity index (χ0n) is 18.6. The third-order valence-electron chi connectivity index (χ3n) is 6.80. The summed E-state index contributed by atoms with van der Waals surface area (Å²) in [6.45, 7) is 0.347. The molecular formula is C27H22N4O3. The van der Waals surface area contributed by atoms with Gasteiger partial charge in [-0.05, 0) is 46.5 Å². The van der Waals surface area contributed by atoms with Crippen molar-refractivity contribution in [3.63, 3.8) is 0 Å². The maximum absolute atomic E-state index is 13.0. The summed E-state index contributed by atoms with van der Waals surface area (Å²) in [6.07, 6.45) is 2.44. The minimum Gasteiger partial charge on any atom is -0.322 e. The topological polar surface area (TPSA) is 84.3 Å². The monoisotopic (exact) mass is 450 g/mol. The fourth-order valence-corrected chi connectivity index (χ4v) is 5.07. The van der Waals surface area contributed by atoms with Crippen molar-refractivity contribution in [2.75, 3.05) is 0 Å². The van der Waals surface area contributed by atoms with Crippen LogP contribution in [-0.4, -0.2) is 38.4 Å². The Morgan fingerprint density at radius 2 is 1.71 bits per heavy atom. The van der Waals surface area contributed by atoms with Gasteiger partial charge in [-0.2, -0.15) is 5.10 Å². The Morgan fingerprint density at radius 3 is 2.53 bits per heavy atom. The molecule has 0 saturated carbocycles. The molecule has 3 aromatic carbocycles. The fraction of sp³-hybridized carbons (Fsp3) is 0.185. The van der Waals surface area contributed by atoms with E-state index in [1.807, 2.05) is 48.3 Å². The summed E-state index contributed by atoms with van der Waals surface area (Å²) in [4.78, 5) is 38.5. The van der Waals surface area contributed by atoms with Crippen molar-refractivity contribution in [3.05, 3.63) is 78.0 Å². The predicted octanol–water partition coefficient (Wildman–Crippen LogP) is 3.67. The van der Waals surface area contributed by atoms with Crippen LogP contribution in [0, 0.1) is 0 Å². The van der Waals surface area contributed by atoms with Crippen LogP contribution in [0.1, 0.15) is 28.8 Å². The van der Waals surface area contributed by atoms with Crippen LogP contribution in [-0.2, 0) is 23.2 Å². The van der Waals surface area contributed by atoms with Crippen molar-refractivity contribution in [1.29, 1.82) is 0 Å². The number of carbonyl (C=O) groups excluding carboxylic acids is 3. The molecule has 6 rings (SSSR count). The quantitative estimate of drug-likeness (QED) is 0.483. The van der Waals surface area contributed by atoms with E-state index in [2.05, 4.69) is 40.7 Å². The number of aromatic nitrogens is 2. The highest BCUT2D eigenvalue weighted by Crippen LogP contribution is 2.36. The Hall–Kier alpha value is -4.26. The van der Waals surface area contributed by atoms with E-state index in [4.69, 9.17) is 0 Å². The number of nitrogens with zero attached hydrogens (tertiary/aromatic N) is 3. The highest BCUT2D eigenvalue weighted by Gasteiger charge is 2.39. The lowest BCUT2D eigenvalue weighted by atomic mass is 9.97. The maximum Gasteiger partial charge on any atom is 0.255 e. The first kappa shape index (κ1) is 20.4. The van der Waals surface area contributed by atoms with E-state index in [0.29, 0.717) is 18.5 Å². The SMILES string of the molecule is Cn1ncc(-c2ccc3c(c2)CN(C2CCC(=O)NC2=O)C3=O)c1-c1ccc2ccccc2c1. The molecule has 0 spiro atoms. The Bertz CT molecular complexity index is 1500. The molecule has 0 radical (unpaired) electrons. The highest BCUT2D eigenvalue weighted by molar-refractivity contribution is 6.05. The van der Waals surface area contributed by atoms with E-state index in [1.54, 1.807) is 4.90 Å². The van der Waals surface area contributed by atoms with E-state index < -0.39 is 11.9 Å². The van der Waals surface area contributed by atoms with Crippen LogP contribution in [0.5, 0.6) is 0 Å².